The number of carboxylic acid groups (broad SMARTS) is 1. The normalized spacial score (nSPS) is 25.7. The molecule has 1 atom stereocenters. The number of aryl methyl sites for hydroxylation is 1. The lowest BCUT2D eigenvalue weighted by Gasteiger charge is -2.20. The predicted molar refractivity (Wildman–Crippen MR) is 50.4 cm³/mol. The Morgan fingerprint density at radius 2 is 2.27 bits per heavy atom. The van der Waals surface area contributed by atoms with Crippen LogP contribution in [0.5, 0.6) is 0 Å². The highest BCUT2D eigenvalue weighted by atomic mass is 16.5. The zero-order valence-corrected chi connectivity index (χ0v) is 8.08. The summed E-state index contributed by atoms with van der Waals surface area (Å²) in [5.74, 6) is -0.806. The molecule has 0 spiro atoms. The van der Waals surface area contributed by atoms with E-state index in [1.807, 2.05) is 0 Å². The predicted octanol–water partition coefficient (Wildman–Crippen LogP) is -0.0671. The minimum atomic E-state index is -1.60. The molecule has 0 aliphatic heterocycles. The van der Waals surface area contributed by atoms with E-state index in [1.165, 1.54) is 0 Å². The van der Waals surface area contributed by atoms with Crippen molar-refractivity contribution in [2.45, 2.75) is 31.2 Å². The number of rotatable bonds is 1. The van der Waals surface area contributed by atoms with E-state index >= 15 is 0 Å². The van der Waals surface area contributed by atoms with E-state index in [4.69, 9.17) is 15.4 Å². The molecule has 1 heterocycles. The maximum atomic E-state index is 11.4. The van der Waals surface area contributed by atoms with Crippen LogP contribution in [-0.2, 0) is 16.8 Å². The third-order valence-electron chi connectivity index (χ3n) is 2.83. The summed E-state index contributed by atoms with van der Waals surface area (Å²) in [5.41, 5.74) is 3.72. The van der Waals surface area contributed by atoms with Crippen LogP contribution < -0.4 is 11.3 Å². The summed E-state index contributed by atoms with van der Waals surface area (Å²) in [6, 6.07) is 0. The number of aromatic nitrogens is 1. The first-order valence-corrected chi connectivity index (χ1v) is 4.79. The number of hydrogen-bond acceptors (Lipinski definition) is 4. The minimum Gasteiger partial charge on any atom is -0.480 e. The molecule has 0 unspecified atom stereocenters. The molecule has 4 N–H and O–H groups in total. The van der Waals surface area contributed by atoms with Crippen molar-refractivity contribution >= 4 is 5.97 Å². The zero-order chi connectivity index (χ0) is 11.1. The van der Waals surface area contributed by atoms with Crippen LogP contribution in [0.4, 0.5) is 0 Å². The third-order valence-corrected chi connectivity index (χ3v) is 2.83. The first-order chi connectivity index (χ1) is 7.05. The van der Waals surface area contributed by atoms with Crippen molar-refractivity contribution in [2.75, 3.05) is 0 Å². The molecule has 0 bridgehead atoms. The van der Waals surface area contributed by atoms with Crippen molar-refractivity contribution in [3.05, 3.63) is 21.7 Å². The lowest BCUT2D eigenvalue weighted by molar-refractivity contribution is -0.144. The Bertz CT molecular complexity index is 447. The lowest BCUT2D eigenvalue weighted by atomic mass is 9.88. The van der Waals surface area contributed by atoms with Gasteiger partial charge in [-0.2, -0.15) is 5.16 Å². The van der Waals surface area contributed by atoms with Crippen LogP contribution >= 0.6 is 0 Å². The number of H-pyrrole nitrogens is 1. The van der Waals surface area contributed by atoms with Gasteiger partial charge in [-0.3, -0.25) is 4.79 Å². The molecule has 1 aliphatic rings. The number of hydrogen-bond donors (Lipinski definition) is 3. The van der Waals surface area contributed by atoms with Gasteiger partial charge in [0.05, 0.1) is 5.56 Å². The average Bonchev–Trinajstić information content (AvgIpc) is 2.44. The van der Waals surface area contributed by atoms with Gasteiger partial charge < -0.3 is 15.4 Å². The zero-order valence-electron chi connectivity index (χ0n) is 8.08. The molecule has 1 aromatic rings. The fraction of sp³-hybridized carbons (Fsp3) is 0.556. The van der Waals surface area contributed by atoms with Gasteiger partial charge in [0.1, 0.15) is 11.3 Å². The van der Waals surface area contributed by atoms with Gasteiger partial charge in [0.2, 0.25) is 0 Å². The topological polar surface area (TPSA) is 109 Å². The average molecular weight is 212 g/mol. The number of carboxylic acids is 1. The molecule has 6 heteroatoms. The first kappa shape index (κ1) is 9.97. The SMILES string of the molecule is N[C@]1(C(=O)O)CCCCc2o[nH]c(=O)c21. The van der Waals surface area contributed by atoms with Crippen LogP contribution in [-0.4, -0.2) is 16.2 Å². The van der Waals surface area contributed by atoms with Crippen LogP contribution in [0, 0.1) is 0 Å². The quantitative estimate of drug-likeness (QED) is 0.564. The van der Waals surface area contributed by atoms with Crippen LogP contribution in [0.15, 0.2) is 9.32 Å². The lowest BCUT2D eigenvalue weighted by Crippen LogP contribution is -2.47. The van der Waals surface area contributed by atoms with Crippen LogP contribution in [0.3, 0.4) is 0 Å². The maximum absolute atomic E-state index is 11.4. The molecule has 15 heavy (non-hydrogen) atoms. The molecule has 2 rings (SSSR count). The fourth-order valence-corrected chi connectivity index (χ4v) is 1.99. The van der Waals surface area contributed by atoms with Crippen molar-refractivity contribution in [2.24, 2.45) is 5.73 Å². The first-order valence-electron chi connectivity index (χ1n) is 4.79. The van der Waals surface area contributed by atoms with Gasteiger partial charge in [0.15, 0.2) is 0 Å². The Balaban J connectivity index is 2.63. The number of aromatic amines is 1. The van der Waals surface area contributed by atoms with E-state index in [1.54, 1.807) is 0 Å². The van der Waals surface area contributed by atoms with Crippen molar-refractivity contribution < 1.29 is 14.4 Å². The van der Waals surface area contributed by atoms with Gasteiger partial charge in [0.25, 0.3) is 5.56 Å². The molecular formula is C9H12N2O4. The Morgan fingerprint density at radius 1 is 1.53 bits per heavy atom. The summed E-state index contributed by atoms with van der Waals surface area (Å²) in [6.07, 6.45) is 2.27. The Hall–Kier alpha value is -1.56. The highest BCUT2D eigenvalue weighted by Crippen LogP contribution is 2.29. The van der Waals surface area contributed by atoms with E-state index < -0.39 is 17.1 Å². The van der Waals surface area contributed by atoms with Gasteiger partial charge >= 0.3 is 5.97 Å². The largest absolute Gasteiger partial charge is 0.480 e. The fourth-order valence-electron chi connectivity index (χ4n) is 1.99. The highest BCUT2D eigenvalue weighted by molar-refractivity contribution is 5.80. The molecule has 0 aromatic carbocycles. The summed E-state index contributed by atoms with van der Waals surface area (Å²) in [6.45, 7) is 0. The minimum absolute atomic E-state index is 0.0764. The number of aliphatic carboxylic acids is 1. The molecule has 0 saturated heterocycles. The molecule has 0 radical (unpaired) electrons. The van der Waals surface area contributed by atoms with Crippen LogP contribution in [0.25, 0.3) is 0 Å². The van der Waals surface area contributed by atoms with Gasteiger partial charge in [-0.05, 0) is 12.8 Å². The molecule has 0 fully saturated rings. The molecule has 1 aromatic heterocycles. The van der Waals surface area contributed by atoms with Crippen LogP contribution in [0.1, 0.15) is 30.6 Å². The van der Waals surface area contributed by atoms with Crippen molar-refractivity contribution in [1.82, 2.24) is 5.16 Å². The summed E-state index contributed by atoms with van der Waals surface area (Å²) < 4.78 is 4.93. The van der Waals surface area contributed by atoms with E-state index in [0.29, 0.717) is 18.6 Å². The van der Waals surface area contributed by atoms with E-state index in [9.17, 15) is 9.59 Å². The molecule has 0 amide bonds. The highest BCUT2D eigenvalue weighted by Gasteiger charge is 2.43. The molecular weight excluding hydrogens is 200 g/mol. The van der Waals surface area contributed by atoms with Crippen molar-refractivity contribution in [1.29, 1.82) is 0 Å². The van der Waals surface area contributed by atoms with Gasteiger partial charge in [-0.1, -0.05) is 6.42 Å². The maximum Gasteiger partial charge on any atom is 0.328 e. The summed E-state index contributed by atoms with van der Waals surface area (Å²) in [5, 5.41) is 11.2. The van der Waals surface area contributed by atoms with Gasteiger partial charge in [-0.25, -0.2) is 4.79 Å². The third kappa shape index (κ3) is 1.37. The summed E-state index contributed by atoms with van der Waals surface area (Å²) >= 11 is 0. The van der Waals surface area contributed by atoms with Crippen LogP contribution in [0.2, 0.25) is 0 Å². The van der Waals surface area contributed by atoms with E-state index in [-0.39, 0.29) is 12.0 Å². The second kappa shape index (κ2) is 3.23. The Kier molecular flexibility index (Phi) is 2.15. The second-order valence-corrected chi connectivity index (χ2v) is 3.82. The number of carbonyl (C=O) groups is 1. The smallest absolute Gasteiger partial charge is 0.328 e. The Morgan fingerprint density at radius 3 is 2.93 bits per heavy atom. The molecule has 1 aliphatic carbocycles. The molecule has 82 valence electrons. The van der Waals surface area contributed by atoms with E-state index in [2.05, 4.69) is 5.16 Å². The summed E-state index contributed by atoms with van der Waals surface area (Å²) in [7, 11) is 0. The standard InChI is InChI=1S/C9H12N2O4/c10-9(8(13)14)4-2-1-3-5-6(9)7(12)11-15-5/h1-4,10H2,(H,11,12)(H,13,14)/t9-/m1/s1. The number of nitrogens with one attached hydrogen (secondary N) is 1. The van der Waals surface area contributed by atoms with E-state index in [0.717, 1.165) is 6.42 Å². The van der Waals surface area contributed by atoms with Crippen molar-refractivity contribution in [3.63, 3.8) is 0 Å². The number of fused-ring (bicyclic) bond motifs is 1. The molecule has 0 saturated carbocycles. The monoisotopic (exact) mass is 212 g/mol. The summed E-state index contributed by atoms with van der Waals surface area (Å²) in [4.78, 5) is 22.6. The van der Waals surface area contributed by atoms with Gasteiger partial charge in [-0.15, -0.1) is 0 Å². The van der Waals surface area contributed by atoms with Crippen molar-refractivity contribution in [3.8, 4) is 0 Å². The van der Waals surface area contributed by atoms with Gasteiger partial charge in [0, 0.05) is 6.42 Å². The molecule has 6 nitrogen and oxygen atoms in total. The second-order valence-electron chi connectivity index (χ2n) is 3.82. The number of nitrogens with two attached hydrogens (primary N) is 1. The Labute approximate surface area is 85.0 Å².